The highest BCUT2D eigenvalue weighted by molar-refractivity contribution is 7.98. The van der Waals surface area contributed by atoms with Gasteiger partial charge in [-0.1, -0.05) is 0 Å². The maximum Gasteiger partial charge on any atom is 0.243 e. The third-order valence-corrected chi connectivity index (χ3v) is 8.53. The van der Waals surface area contributed by atoms with Crippen LogP contribution in [0.2, 0.25) is 0 Å². The highest BCUT2D eigenvalue weighted by atomic mass is 32.2. The molecule has 1 aromatic heterocycles. The van der Waals surface area contributed by atoms with Crippen LogP contribution in [0.15, 0.2) is 45.9 Å². The van der Waals surface area contributed by atoms with Gasteiger partial charge in [0.15, 0.2) is 0 Å². The van der Waals surface area contributed by atoms with E-state index >= 15 is 0 Å². The second kappa shape index (κ2) is 10.3. The molecule has 1 atom stereocenters. The number of hydrogen-bond donors (Lipinski definition) is 1. The lowest BCUT2D eigenvalue weighted by Crippen LogP contribution is -2.47. The highest BCUT2D eigenvalue weighted by Crippen LogP contribution is 2.35. The highest BCUT2D eigenvalue weighted by Gasteiger charge is 2.38. The molecule has 178 valence electrons. The molecule has 1 aromatic carbocycles. The number of hydrogen-bond acceptors (Lipinski definition) is 7. The smallest absolute Gasteiger partial charge is 0.243 e. The van der Waals surface area contributed by atoms with Gasteiger partial charge >= 0.3 is 0 Å². The quantitative estimate of drug-likeness (QED) is 0.557. The number of furan rings is 1. The van der Waals surface area contributed by atoms with Gasteiger partial charge in [-0.2, -0.15) is 16.1 Å². The minimum absolute atomic E-state index is 0.169. The largest absolute Gasteiger partial charge is 0.468 e. The Labute approximate surface area is 197 Å². The van der Waals surface area contributed by atoms with Crippen molar-refractivity contribution in [2.24, 2.45) is 0 Å². The average Bonchev–Trinajstić information content (AvgIpc) is 3.46. The molecule has 0 saturated carbocycles. The monoisotopic (exact) mass is 493 g/mol. The van der Waals surface area contributed by atoms with Gasteiger partial charge in [0.1, 0.15) is 11.8 Å². The van der Waals surface area contributed by atoms with Crippen LogP contribution in [0, 0.1) is 0 Å². The number of fused-ring (bicyclic) bond motifs is 1. The molecule has 9 nitrogen and oxygen atoms in total. The van der Waals surface area contributed by atoms with Gasteiger partial charge in [-0.15, -0.1) is 0 Å². The van der Waals surface area contributed by atoms with E-state index in [1.54, 1.807) is 30.2 Å². The normalized spacial score (nSPS) is 18.8. The summed E-state index contributed by atoms with van der Waals surface area (Å²) in [7, 11) is -3.66. The molecule has 1 unspecified atom stereocenters. The van der Waals surface area contributed by atoms with Gasteiger partial charge < -0.3 is 14.5 Å². The molecule has 3 heterocycles. The molecular formula is C22H27N3O6S2. The first-order valence-corrected chi connectivity index (χ1v) is 13.4. The molecule has 33 heavy (non-hydrogen) atoms. The first-order chi connectivity index (χ1) is 15.9. The molecule has 1 fully saturated rings. The van der Waals surface area contributed by atoms with E-state index in [1.165, 1.54) is 22.2 Å². The summed E-state index contributed by atoms with van der Waals surface area (Å²) in [5.74, 6) is 1.79. The lowest BCUT2D eigenvalue weighted by Gasteiger charge is -2.26. The van der Waals surface area contributed by atoms with Crippen molar-refractivity contribution in [1.29, 1.82) is 0 Å². The van der Waals surface area contributed by atoms with Crippen LogP contribution in [-0.4, -0.2) is 69.2 Å². The number of carbonyl (C=O) groups is 2. The van der Waals surface area contributed by atoms with E-state index in [1.807, 2.05) is 12.1 Å². The van der Waals surface area contributed by atoms with Crippen LogP contribution < -0.4 is 10.2 Å². The third kappa shape index (κ3) is 5.26. The van der Waals surface area contributed by atoms with Gasteiger partial charge in [-0.3, -0.25) is 14.5 Å². The van der Waals surface area contributed by atoms with Crippen molar-refractivity contribution >= 4 is 39.3 Å². The van der Waals surface area contributed by atoms with Gasteiger partial charge in [-0.05, 0) is 35.9 Å². The summed E-state index contributed by atoms with van der Waals surface area (Å²) in [6, 6.07) is 7.75. The fraction of sp³-hybridized carbons (Fsp3) is 0.455. The maximum atomic E-state index is 13.0. The van der Waals surface area contributed by atoms with Crippen LogP contribution >= 0.6 is 11.8 Å². The second-order valence-electron chi connectivity index (χ2n) is 7.84. The number of amides is 2. The van der Waals surface area contributed by atoms with Gasteiger partial charge in [0.05, 0.1) is 30.1 Å². The van der Waals surface area contributed by atoms with Crippen LogP contribution in [0.3, 0.4) is 0 Å². The number of morpholine rings is 1. The third-order valence-electron chi connectivity index (χ3n) is 5.66. The number of carbonyl (C=O) groups excluding carboxylic acids is 2. The zero-order valence-corrected chi connectivity index (χ0v) is 20.0. The Balaban J connectivity index is 1.41. The second-order valence-corrected chi connectivity index (χ2v) is 10.9. The Morgan fingerprint density at radius 1 is 1.21 bits per heavy atom. The summed E-state index contributed by atoms with van der Waals surface area (Å²) in [5.41, 5.74) is 1.25. The van der Waals surface area contributed by atoms with E-state index in [9.17, 15) is 18.0 Å². The molecule has 2 aliphatic heterocycles. The predicted molar refractivity (Wildman–Crippen MR) is 125 cm³/mol. The molecule has 11 heteroatoms. The SMILES string of the molecule is CC(=O)N1c2ccc(S(=O)(=O)N3CCOCC3)cc2CC1C(=O)NCCSCc1ccco1. The van der Waals surface area contributed by atoms with E-state index in [0.29, 0.717) is 49.9 Å². The van der Waals surface area contributed by atoms with Crippen LogP contribution in [-0.2, 0) is 36.5 Å². The molecule has 0 spiro atoms. The van der Waals surface area contributed by atoms with Crippen molar-refractivity contribution in [2.45, 2.75) is 30.0 Å². The summed E-state index contributed by atoms with van der Waals surface area (Å²) in [6.07, 6.45) is 1.90. The van der Waals surface area contributed by atoms with Crippen LogP contribution in [0.1, 0.15) is 18.2 Å². The fourth-order valence-electron chi connectivity index (χ4n) is 4.06. The Morgan fingerprint density at radius 3 is 2.70 bits per heavy atom. The summed E-state index contributed by atoms with van der Waals surface area (Å²) in [4.78, 5) is 26.8. The maximum absolute atomic E-state index is 13.0. The van der Waals surface area contributed by atoms with E-state index in [0.717, 1.165) is 11.5 Å². The van der Waals surface area contributed by atoms with Crippen LogP contribution in [0.5, 0.6) is 0 Å². The molecule has 1 N–H and O–H groups in total. The Morgan fingerprint density at radius 2 is 2.00 bits per heavy atom. The molecule has 0 bridgehead atoms. The molecule has 2 amide bonds. The summed E-state index contributed by atoms with van der Waals surface area (Å²) < 4.78 is 38.0. The van der Waals surface area contributed by atoms with Crippen molar-refractivity contribution in [3.8, 4) is 0 Å². The fourth-order valence-corrected chi connectivity index (χ4v) is 6.27. The average molecular weight is 494 g/mol. The van der Waals surface area contributed by atoms with Crippen molar-refractivity contribution < 1.29 is 27.2 Å². The van der Waals surface area contributed by atoms with Crippen LogP contribution in [0.25, 0.3) is 0 Å². The van der Waals surface area contributed by atoms with E-state index in [-0.39, 0.29) is 23.1 Å². The number of sulfonamides is 1. The lowest BCUT2D eigenvalue weighted by atomic mass is 10.1. The predicted octanol–water partition coefficient (Wildman–Crippen LogP) is 1.63. The molecule has 1 saturated heterocycles. The molecule has 2 aromatic rings. The summed E-state index contributed by atoms with van der Waals surface area (Å²) in [5, 5.41) is 2.90. The molecule has 4 rings (SSSR count). The minimum atomic E-state index is -3.66. The molecular weight excluding hydrogens is 466 g/mol. The Bertz CT molecular complexity index is 1100. The van der Waals surface area contributed by atoms with Crippen molar-refractivity contribution in [3.63, 3.8) is 0 Å². The first-order valence-electron chi connectivity index (χ1n) is 10.8. The number of thioether (sulfide) groups is 1. The number of benzene rings is 1. The molecule has 0 radical (unpaired) electrons. The topological polar surface area (TPSA) is 109 Å². The number of ether oxygens (including phenoxy) is 1. The number of nitrogens with one attached hydrogen (secondary N) is 1. The van der Waals surface area contributed by atoms with Gasteiger partial charge in [0.25, 0.3) is 0 Å². The lowest BCUT2D eigenvalue weighted by molar-refractivity contribution is -0.125. The van der Waals surface area contributed by atoms with E-state index < -0.39 is 16.1 Å². The van der Waals surface area contributed by atoms with Crippen LogP contribution in [0.4, 0.5) is 5.69 Å². The van der Waals surface area contributed by atoms with Crippen molar-refractivity contribution in [3.05, 3.63) is 47.9 Å². The van der Waals surface area contributed by atoms with Gasteiger partial charge in [-0.25, -0.2) is 8.42 Å². The summed E-state index contributed by atoms with van der Waals surface area (Å²) in [6.45, 7) is 3.21. The number of nitrogens with zero attached hydrogens (tertiary/aromatic N) is 2. The van der Waals surface area contributed by atoms with Gasteiger partial charge in [0.2, 0.25) is 21.8 Å². The van der Waals surface area contributed by atoms with Crippen molar-refractivity contribution in [2.75, 3.05) is 43.5 Å². The van der Waals surface area contributed by atoms with E-state index in [2.05, 4.69) is 5.32 Å². The molecule has 2 aliphatic rings. The van der Waals surface area contributed by atoms with Crippen molar-refractivity contribution in [1.82, 2.24) is 9.62 Å². The standard InChI is InChI=1S/C22H27N3O6S2/c1-16(26)25-20-5-4-19(33(28,29)24-7-10-30-11-8-24)13-17(20)14-21(25)22(27)23-6-12-32-15-18-3-2-9-31-18/h2-5,9,13,21H,6-8,10-12,14-15H2,1H3,(H,23,27). The zero-order valence-electron chi connectivity index (χ0n) is 18.4. The minimum Gasteiger partial charge on any atom is -0.468 e. The number of anilines is 1. The zero-order chi connectivity index (χ0) is 23.4. The Hall–Kier alpha value is -2.34. The van der Waals surface area contributed by atoms with E-state index in [4.69, 9.17) is 9.15 Å². The first kappa shape index (κ1) is 23.8. The Kier molecular flexibility index (Phi) is 7.42. The summed E-state index contributed by atoms with van der Waals surface area (Å²) >= 11 is 1.64. The number of rotatable bonds is 8. The van der Waals surface area contributed by atoms with Gasteiger partial charge in [0, 0.05) is 44.4 Å². The molecule has 0 aliphatic carbocycles.